The fourth-order valence-corrected chi connectivity index (χ4v) is 3.56. The zero-order valence-electron chi connectivity index (χ0n) is 17.3. The normalized spacial score (nSPS) is 10.6. The molecule has 32 heavy (non-hydrogen) atoms. The molecule has 0 radical (unpaired) electrons. The Labute approximate surface area is 187 Å². The van der Waals surface area contributed by atoms with E-state index in [4.69, 9.17) is 0 Å². The summed E-state index contributed by atoms with van der Waals surface area (Å²) in [6.45, 7) is 5.82. The van der Waals surface area contributed by atoms with Gasteiger partial charge in [-0.1, -0.05) is 23.9 Å². The van der Waals surface area contributed by atoms with E-state index in [2.05, 4.69) is 27.4 Å². The van der Waals surface area contributed by atoms with Crippen molar-refractivity contribution in [3.05, 3.63) is 78.1 Å². The maximum absolute atomic E-state index is 13.4. The van der Waals surface area contributed by atoms with E-state index in [-0.39, 0.29) is 24.0 Å². The molecule has 3 aromatic rings. The Bertz CT molecular complexity index is 1130. The number of aromatic nitrogens is 3. The van der Waals surface area contributed by atoms with Crippen molar-refractivity contribution in [2.24, 2.45) is 0 Å². The van der Waals surface area contributed by atoms with Gasteiger partial charge in [0, 0.05) is 17.9 Å². The molecule has 0 aliphatic heterocycles. The topological polar surface area (TPSA) is 88.9 Å². The molecule has 0 spiro atoms. The molecule has 3 rings (SSSR count). The number of benzene rings is 2. The lowest BCUT2D eigenvalue weighted by Crippen LogP contribution is -2.18. The van der Waals surface area contributed by atoms with Gasteiger partial charge in [-0.05, 0) is 48.9 Å². The molecule has 2 N–H and O–H groups in total. The summed E-state index contributed by atoms with van der Waals surface area (Å²) in [7, 11) is 0. The van der Waals surface area contributed by atoms with Crippen LogP contribution in [0.3, 0.4) is 0 Å². The maximum atomic E-state index is 13.4. The number of allylic oxidation sites excluding steroid dienone is 1. The minimum atomic E-state index is -0.437. The molecule has 10 heteroatoms. The Morgan fingerprint density at radius 3 is 2.50 bits per heavy atom. The Hall–Kier alpha value is -3.53. The molecule has 2 amide bonds. The van der Waals surface area contributed by atoms with Gasteiger partial charge in [-0.3, -0.25) is 9.59 Å². The van der Waals surface area contributed by atoms with Crippen LogP contribution in [0.15, 0.2) is 60.3 Å². The summed E-state index contributed by atoms with van der Waals surface area (Å²) in [6.07, 6.45) is 1.57. The lowest BCUT2D eigenvalue weighted by molar-refractivity contribution is -0.116. The van der Waals surface area contributed by atoms with Crippen molar-refractivity contribution >= 4 is 35.0 Å². The number of nitrogens with one attached hydrogen (secondary N) is 2. The standard InChI is InChI=1S/C22H21F2N5O2S/c1-3-10-29-19(12-20(30)25-17-8-6-15(23)7-9-17)27-28-22(29)32-13-21(31)26-18-11-16(24)5-4-14(18)2/h3-9,11H,1,10,12-13H2,2H3,(H,25,30)(H,26,31). The molecule has 0 fully saturated rings. The second-order valence-corrected chi connectivity index (χ2v) is 7.77. The average Bonchev–Trinajstić information content (AvgIpc) is 3.12. The summed E-state index contributed by atoms with van der Waals surface area (Å²) in [5.74, 6) is -1.08. The SMILES string of the molecule is C=CCn1c(CC(=O)Nc2ccc(F)cc2)nnc1SCC(=O)Nc1cc(F)ccc1C. The van der Waals surface area contributed by atoms with Gasteiger partial charge >= 0.3 is 0 Å². The van der Waals surface area contributed by atoms with Crippen molar-refractivity contribution in [2.75, 3.05) is 16.4 Å². The van der Waals surface area contributed by atoms with E-state index in [1.54, 1.807) is 23.6 Å². The first kappa shape index (κ1) is 23.1. The minimum Gasteiger partial charge on any atom is -0.326 e. The van der Waals surface area contributed by atoms with Gasteiger partial charge in [-0.15, -0.1) is 16.8 Å². The van der Waals surface area contributed by atoms with E-state index in [1.807, 2.05) is 0 Å². The Balaban J connectivity index is 1.62. The van der Waals surface area contributed by atoms with Crippen LogP contribution in [-0.4, -0.2) is 32.3 Å². The molecule has 166 valence electrons. The molecule has 0 saturated heterocycles. The number of carbonyl (C=O) groups excluding carboxylic acids is 2. The number of anilines is 2. The number of hydrogen-bond acceptors (Lipinski definition) is 5. The number of hydrogen-bond donors (Lipinski definition) is 2. The number of halogens is 2. The molecule has 1 heterocycles. The fraction of sp³-hybridized carbons (Fsp3) is 0.182. The van der Waals surface area contributed by atoms with Gasteiger partial charge in [0.05, 0.1) is 12.2 Å². The highest BCUT2D eigenvalue weighted by molar-refractivity contribution is 7.99. The summed E-state index contributed by atoms with van der Waals surface area (Å²) in [5.41, 5.74) is 1.61. The molecule has 0 atom stereocenters. The quantitative estimate of drug-likeness (QED) is 0.375. The Kier molecular flexibility index (Phi) is 7.72. The summed E-state index contributed by atoms with van der Waals surface area (Å²) in [6, 6.07) is 9.59. The van der Waals surface area contributed by atoms with Crippen molar-refractivity contribution in [2.45, 2.75) is 25.0 Å². The molecule has 0 saturated carbocycles. The van der Waals surface area contributed by atoms with Crippen LogP contribution in [-0.2, 0) is 22.6 Å². The molecule has 1 aromatic heterocycles. The van der Waals surface area contributed by atoms with Crippen LogP contribution in [0.25, 0.3) is 0 Å². The zero-order valence-corrected chi connectivity index (χ0v) is 18.1. The predicted octanol–water partition coefficient (Wildman–Crippen LogP) is 3.96. The first-order valence-electron chi connectivity index (χ1n) is 9.63. The van der Waals surface area contributed by atoms with Gasteiger partial charge in [0.2, 0.25) is 11.8 Å². The van der Waals surface area contributed by atoms with Gasteiger partial charge in [-0.2, -0.15) is 0 Å². The van der Waals surface area contributed by atoms with E-state index in [0.717, 1.165) is 17.3 Å². The second kappa shape index (κ2) is 10.7. The van der Waals surface area contributed by atoms with Crippen molar-refractivity contribution in [3.8, 4) is 0 Å². The van der Waals surface area contributed by atoms with E-state index in [9.17, 15) is 18.4 Å². The van der Waals surface area contributed by atoms with Crippen molar-refractivity contribution in [1.82, 2.24) is 14.8 Å². The highest BCUT2D eigenvalue weighted by Gasteiger charge is 2.17. The highest BCUT2D eigenvalue weighted by Crippen LogP contribution is 2.20. The lowest BCUT2D eigenvalue weighted by Gasteiger charge is -2.10. The Morgan fingerprint density at radius 1 is 1.06 bits per heavy atom. The van der Waals surface area contributed by atoms with E-state index >= 15 is 0 Å². The lowest BCUT2D eigenvalue weighted by atomic mass is 10.2. The molecule has 0 unspecified atom stereocenters. The summed E-state index contributed by atoms with van der Waals surface area (Å²) in [4.78, 5) is 24.7. The zero-order chi connectivity index (χ0) is 23.1. The molecule has 0 aliphatic rings. The monoisotopic (exact) mass is 457 g/mol. The van der Waals surface area contributed by atoms with Crippen molar-refractivity contribution in [1.29, 1.82) is 0 Å². The van der Waals surface area contributed by atoms with Crippen LogP contribution in [0, 0.1) is 18.6 Å². The van der Waals surface area contributed by atoms with Crippen LogP contribution in [0.1, 0.15) is 11.4 Å². The maximum Gasteiger partial charge on any atom is 0.234 e. The third kappa shape index (κ3) is 6.24. The third-order valence-electron chi connectivity index (χ3n) is 4.36. The molecule has 2 aromatic carbocycles. The smallest absolute Gasteiger partial charge is 0.234 e. The predicted molar refractivity (Wildman–Crippen MR) is 119 cm³/mol. The number of rotatable bonds is 9. The van der Waals surface area contributed by atoms with Gasteiger partial charge in [0.15, 0.2) is 5.16 Å². The average molecular weight is 458 g/mol. The second-order valence-electron chi connectivity index (χ2n) is 6.83. The Morgan fingerprint density at radius 2 is 1.78 bits per heavy atom. The largest absolute Gasteiger partial charge is 0.326 e. The van der Waals surface area contributed by atoms with Crippen molar-refractivity contribution < 1.29 is 18.4 Å². The number of carbonyl (C=O) groups is 2. The van der Waals surface area contributed by atoms with Crippen LogP contribution in [0.2, 0.25) is 0 Å². The number of thioether (sulfide) groups is 1. The molecule has 7 nitrogen and oxygen atoms in total. The molecule has 0 aliphatic carbocycles. The van der Waals surface area contributed by atoms with E-state index < -0.39 is 11.6 Å². The van der Waals surface area contributed by atoms with Crippen LogP contribution in [0.4, 0.5) is 20.2 Å². The first-order chi connectivity index (χ1) is 15.4. The van der Waals surface area contributed by atoms with Crippen LogP contribution < -0.4 is 10.6 Å². The fourth-order valence-electron chi connectivity index (χ4n) is 2.80. The molecular weight excluding hydrogens is 436 g/mol. The van der Waals surface area contributed by atoms with Crippen LogP contribution in [0.5, 0.6) is 0 Å². The van der Waals surface area contributed by atoms with Gasteiger partial charge in [0.25, 0.3) is 0 Å². The molecule has 0 bridgehead atoms. The highest BCUT2D eigenvalue weighted by atomic mass is 32.2. The van der Waals surface area contributed by atoms with Crippen molar-refractivity contribution in [3.63, 3.8) is 0 Å². The number of aryl methyl sites for hydroxylation is 1. The summed E-state index contributed by atoms with van der Waals surface area (Å²) < 4.78 is 28.1. The number of amides is 2. The first-order valence-corrected chi connectivity index (χ1v) is 10.6. The molecular formula is C22H21F2N5O2S. The van der Waals surface area contributed by atoms with E-state index in [0.29, 0.717) is 28.9 Å². The van der Waals surface area contributed by atoms with Gasteiger partial charge in [0.1, 0.15) is 17.5 Å². The minimum absolute atomic E-state index is 0.0208. The van der Waals surface area contributed by atoms with Gasteiger partial charge in [-0.25, -0.2) is 8.78 Å². The summed E-state index contributed by atoms with van der Waals surface area (Å²) in [5, 5.41) is 13.9. The third-order valence-corrected chi connectivity index (χ3v) is 5.32. The van der Waals surface area contributed by atoms with E-state index in [1.165, 1.54) is 36.4 Å². The van der Waals surface area contributed by atoms with Gasteiger partial charge < -0.3 is 15.2 Å². The van der Waals surface area contributed by atoms with Crippen LogP contribution >= 0.6 is 11.8 Å². The summed E-state index contributed by atoms with van der Waals surface area (Å²) >= 11 is 1.14. The number of nitrogens with zero attached hydrogens (tertiary/aromatic N) is 3.